The molecule has 34 heavy (non-hydrogen) atoms. The van der Waals surface area contributed by atoms with E-state index in [9.17, 15) is 4.79 Å². The molecule has 4 fully saturated rings. The number of rotatable bonds is 5. The predicted molar refractivity (Wildman–Crippen MR) is 134 cm³/mol. The lowest BCUT2D eigenvalue weighted by Gasteiger charge is -2.60. The number of halogens is 3. The van der Waals surface area contributed by atoms with Crippen molar-refractivity contribution in [2.75, 3.05) is 5.32 Å². The molecule has 0 spiro atoms. The number of hydrogen-bond donors (Lipinski definition) is 1. The zero-order chi connectivity index (χ0) is 23.7. The van der Waals surface area contributed by atoms with Crippen molar-refractivity contribution in [1.29, 1.82) is 0 Å². The summed E-state index contributed by atoms with van der Waals surface area (Å²) < 4.78 is 4.45. The van der Waals surface area contributed by atoms with Crippen molar-refractivity contribution in [1.82, 2.24) is 24.5 Å². The van der Waals surface area contributed by atoms with Gasteiger partial charge in [-0.2, -0.15) is 5.10 Å². The van der Waals surface area contributed by atoms with Gasteiger partial charge in [-0.1, -0.05) is 29.3 Å². The van der Waals surface area contributed by atoms with Gasteiger partial charge in [-0.3, -0.25) is 9.48 Å². The number of nitrogens with one attached hydrogen (secondary N) is 1. The second kappa shape index (κ2) is 8.07. The molecule has 4 aliphatic rings. The number of nitrogens with zero attached hydrogens (tertiary/aromatic N) is 5. The monoisotopic (exact) mass is 562 g/mol. The smallest absolute Gasteiger partial charge is 0.231 e. The van der Waals surface area contributed by atoms with Crippen LogP contribution in [0.3, 0.4) is 0 Å². The third kappa shape index (κ3) is 3.69. The minimum absolute atomic E-state index is 0.0746. The Labute approximate surface area is 216 Å². The quantitative estimate of drug-likeness (QED) is 0.423. The van der Waals surface area contributed by atoms with E-state index in [2.05, 4.69) is 36.4 Å². The average Bonchev–Trinajstić information content (AvgIpc) is 3.35. The summed E-state index contributed by atoms with van der Waals surface area (Å²) in [6, 6.07) is 7.38. The Hall–Kier alpha value is -1.90. The summed E-state index contributed by atoms with van der Waals surface area (Å²) in [4.78, 5) is 18.1. The van der Waals surface area contributed by atoms with Crippen molar-refractivity contribution in [3.05, 3.63) is 56.6 Å². The second-order valence-electron chi connectivity index (χ2n) is 10.4. The molecule has 7 nitrogen and oxygen atoms in total. The standard InChI is InChI=1S/C24H25BrCl2N6O/c1-14-5-20(30-32(14)11-17-18(26)3-2-4-19(17)27)29-21(34)23-7-15-6-16(8-23)10-24(9-15,12-23)33-13-28-22(25)31-33/h2-5,13,15-16H,6-12H2,1H3,(H,29,30,34). The summed E-state index contributed by atoms with van der Waals surface area (Å²) >= 11 is 16.1. The average molecular weight is 564 g/mol. The third-order valence-electron chi connectivity index (χ3n) is 8.05. The van der Waals surface area contributed by atoms with E-state index in [0.717, 1.165) is 43.4 Å². The molecule has 0 radical (unpaired) electrons. The fourth-order valence-electron chi connectivity index (χ4n) is 7.03. The molecule has 2 atom stereocenters. The lowest BCUT2D eigenvalue weighted by Crippen LogP contribution is -2.60. The molecule has 4 bridgehead atoms. The van der Waals surface area contributed by atoms with Crippen LogP contribution in [-0.4, -0.2) is 30.5 Å². The summed E-state index contributed by atoms with van der Waals surface area (Å²) in [6.45, 7) is 2.41. The van der Waals surface area contributed by atoms with Crippen LogP contribution in [0, 0.1) is 24.2 Å². The van der Waals surface area contributed by atoms with E-state index in [1.165, 1.54) is 6.42 Å². The summed E-state index contributed by atoms with van der Waals surface area (Å²) in [5.41, 5.74) is 1.22. The first-order valence-corrected chi connectivity index (χ1v) is 13.2. The maximum atomic E-state index is 13.8. The molecule has 1 aromatic carbocycles. The van der Waals surface area contributed by atoms with Gasteiger partial charge >= 0.3 is 0 Å². The van der Waals surface area contributed by atoms with Gasteiger partial charge in [-0.05, 0) is 85.3 Å². The minimum atomic E-state index is -0.397. The largest absolute Gasteiger partial charge is 0.309 e. The first kappa shape index (κ1) is 22.6. The lowest BCUT2D eigenvalue weighted by molar-refractivity contribution is -0.150. The van der Waals surface area contributed by atoms with Crippen LogP contribution in [0.15, 0.2) is 35.3 Å². The van der Waals surface area contributed by atoms with E-state index in [-0.39, 0.29) is 11.4 Å². The topological polar surface area (TPSA) is 77.6 Å². The normalized spacial score (nSPS) is 29.5. The van der Waals surface area contributed by atoms with Crippen LogP contribution < -0.4 is 5.32 Å². The minimum Gasteiger partial charge on any atom is -0.309 e. The zero-order valence-corrected chi connectivity index (χ0v) is 21.9. The SMILES string of the molecule is Cc1cc(NC(=O)C23CC4CC(C2)CC(n2cnc(Br)n2)(C4)C3)nn1Cc1c(Cl)cccc1Cl. The second-order valence-corrected chi connectivity index (χ2v) is 11.9. The number of aryl methyl sites for hydroxylation is 1. The number of hydrogen-bond acceptors (Lipinski definition) is 4. The van der Waals surface area contributed by atoms with Gasteiger partial charge in [0.1, 0.15) is 6.33 Å². The Morgan fingerprint density at radius 1 is 1.18 bits per heavy atom. The Bertz CT molecular complexity index is 1250. The van der Waals surface area contributed by atoms with Crippen LogP contribution >= 0.6 is 39.1 Å². The molecule has 2 heterocycles. The van der Waals surface area contributed by atoms with E-state index >= 15 is 0 Å². The highest BCUT2D eigenvalue weighted by atomic mass is 79.9. The Balaban J connectivity index is 1.25. The summed E-state index contributed by atoms with van der Waals surface area (Å²) in [5.74, 6) is 1.72. The van der Waals surface area contributed by atoms with Gasteiger partial charge in [0.05, 0.1) is 17.5 Å². The molecular formula is C24H25BrCl2N6O. The number of amides is 1. The summed E-state index contributed by atoms with van der Waals surface area (Å²) in [6.07, 6.45) is 7.82. The lowest BCUT2D eigenvalue weighted by atomic mass is 9.46. The highest BCUT2D eigenvalue weighted by Gasteiger charge is 2.61. The van der Waals surface area contributed by atoms with E-state index in [1.54, 1.807) is 0 Å². The summed E-state index contributed by atoms with van der Waals surface area (Å²) in [7, 11) is 0. The van der Waals surface area contributed by atoms with Gasteiger partial charge in [0.25, 0.3) is 0 Å². The maximum Gasteiger partial charge on any atom is 0.231 e. The maximum absolute atomic E-state index is 13.8. The van der Waals surface area contributed by atoms with Crippen LogP contribution in [0.25, 0.3) is 0 Å². The molecular weight excluding hydrogens is 539 g/mol. The molecule has 4 saturated carbocycles. The highest BCUT2D eigenvalue weighted by Crippen LogP contribution is 2.64. The third-order valence-corrected chi connectivity index (χ3v) is 9.13. The summed E-state index contributed by atoms with van der Waals surface area (Å²) in [5, 5.41) is 13.6. The highest BCUT2D eigenvalue weighted by molar-refractivity contribution is 9.10. The number of carbonyl (C=O) groups is 1. The molecule has 1 N–H and O–H groups in total. The van der Waals surface area contributed by atoms with Crippen LogP contribution in [0.4, 0.5) is 5.82 Å². The molecule has 4 aliphatic carbocycles. The van der Waals surface area contributed by atoms with E-state index in [4.69, 9.17) is 23.2 Å². The van der Waals surface area contributed by atoms with Gasteiger partial charge in [-0.25, -0.2) is 9.67 Å². The zero-order valence-electron chi connectivity index (χ0n) is 18.8. The van der Waals surface area contributed by atoms with Crippen molar-refractivity contribution >= 4 is 50.9 Å². The van der Waals surface area contributed by atoms with E-state index in [0.29, 0.717) is 39.0 Å². The first-order chi connectivity index (χ1) is 16.3. The predicted octanol–water partition coefficient (Wildman–Crippen LogP) is 5.83. The van der Waals surface area contributed by atoms with Crippen molar-refractivity contribution in [3.8, 4) is 0 Å². The van der Waals surface area contributed by atoms with Crippen molar-refractivity contribution in [3.63, 3.8) is 0 Å². The molecule has 0 saturated heterocycles. The Kier molecular flexibility index (Phi) is 5.35. The van der Waals surface area contributed by atoms with Crippen LogP contribution in [0.2, 0.25) is 10.0 Å². The van der Waals surface area contributed by atoms with Crippen LogP contribution in [-0.2, 0) is 16.9 Å². The van der Waals surface area contributed by atoms with Gasteiger partial charge in [0, 0.05) is 27.4 Å². The number of anilines is 1. The van der Waals surface area contributed by atoms with Crippen LogP contribution in [0.1, 0.15) is 49.8 Å². The van der Waals surface area contributed by atoms with E-state index < -0.39 is 5.41 Å². The van der Waals surface area contributed by atoms with Gasteiger partial charge in [-0.15, -0.1) is 5.10 Å². The van der Waals surface area contributed by atoms with Crippen molar-refractivity contribution < 1.29 is 4.79 Å². The number of carbonyl (C=O) groups excluding carboxylic acids is 1. The number of benzene rings is 1. The molecule has 2 aromatic heterocycles. The van der Waals surface area contributed by atoms with Crippen molar-refractivity contribution in [2.24, 2.45) is 17.3 Å². The number of aromatic nitrogens is 5. The van der Waals surface area contributed by atoms with Gasteiger partial charge in [0.15, 0.2) is 5.82 Å². The van der Waals surface area contributed by atoms with Gasteiger partial charge in [0.2, 0.25) is 10.6 Å². The first-order valence-electron chi connectivity index (χ1n) is 11.6. The molecule has 0 aliphatic heterocycles. The Morgan fingerprint density at radius 2 is 1.88 bits per heavy atom. The van der Waals surface area contributed by atoms with E-state index in [1.807, 2.05) is 46.9 Å². The Morgan fingerprint density at radius 3 is 2.53 bits per heavy atom. The van der Waals surface area contributed by atoms with Gasteiger partial charge < -0.3 is 5.32 Å². The molecule has 10 heteroatoms. The molecule has 2 unspecified atom stereocenters. The molecule has 7 rings (SSSR count). The fourth-order valence-corrected chi connectivity index (χ4v) is 7.81. The molecule has 3 aromatic rings. The van der Waals surface area contributed by atoms with Crippen molar-refractivity contribution in [2.45, 2.75) is 57.5 Å². The fraction of sp³-hybridized carbons (Fsp3) is 0.500. The molecule has 178 valence electrons. The van der Waals surface area contributed by atoms with Crippen LogP contribution in [0.5, 0.6) is 0 Å². The molecule has 1 amide bonds.